The summed E-state index contributed by atoms with van der Waals surface area (Å²) in [5.41, 5.74) is 0.946. The molecule has 0 aromatic rings. The van der Waals surface area contributed by atoms with Gasteiger partial charge in [0.15, 0.2) is 0 Å². The number of carbonyl (C=O) groups is 1. The number of rotatable bonds is 4. The topological polar surface area (TPSA) is 69.7 Å². The Balaban J connectivity index is 1.70. The van der Waals surface area contributed by atoms with Crippen molar-refractivity contribution in [3.8, 4) is 0 Å². The molecule has 0 unspecified atom stereocenters. The summed E-state index contributed by atoms with van der Waals surface area (Å²) in [6.07, 6.45) is 11.0. The molecule has 0 spiro atoms. The molecule has 0 amide bonds. The largest absolute Gasteiger partial charge is 0.381 e. The highest BCUT2D eigenvalue weighted by Gasteiger charge is 2.60. The quantitative estimate of drug-likeness (QED) is 0.537. The van der Waals surface area contributed by atoms with Gasteiger partial charge in [0.2, 0.25) is 0 Å². The molecule has 0 aliphatic heterocycles. The molecule has 4 rings (SSSR count). The van der Waals surface area contributed by atoms with Crippen molar-refractivity contribution in [1.29, 1.82) is 0 Å². The second-order valence-electron chi connectivity index (χ2n) is 9.48. The lowest BCUT2D eigenvalue weighted by Gasteiger charge is -2.57. The van der Waals surface area contributed by atoms with E-state index in [1.165, 1.54) is 5.57 Å². The summed E-state index contributed by atoms with van der Waals surface area (Å²) >= 11 is 0. The van der Waals surface area contributed by atoms with Crippen LogP contribution in [0.25, 0.3) is 0 Å². The summed E-state index contributed by atoms with van der Waals surface area (Å²) in [5.74, 6) is 1.73. The second-order valence-corrected chi connectivity index (χ2v) is 11.1. The van der Waals surface area contributed by atoms with Gasteiger partial charge in [-0.05, 0) is 62.7 Å². The van der Waals surface area contributed by atoms with E-state index >= 15 is 0 Å². The Bertz CT molecular complexity index is 757. The van der Waals surface area contributed by atoms with Crippen molar-refractivity contribution >= 4 is 15.9 Å². The van der Waals surface area contributed by atoms with Gasteiger partial charge < -0.3 is 4.74 Å². The maximum Gasteiger partial charge on any atom is 0.264 e. The van der Waals surface area contributed by atoms with Crippen molar-refractivity contribution in [3.05, 3.63) is 11.6 Å². The molecule has 152 valence electrons. The Hall–Kier alpha value is -0.720. The maximum atomic E-state index is 12.6. The van der Waals surface area contributed by atoms with Gasteiger partial charge in [0.25, 0.3) is 10.1 Å². The highest BCUT2D eigenvalue weighted by Crippen LogP contribution is 2.64. The predicted molar refractivity (Wildman–Crippen MR) is 103 cm³/mol. The fourth-order valence-electron chi connectivity index (χ4n) is 6.88. The van der Waals surface area contributed by atoms with Crippen LogP contribution in [0.4, 0.5) is 0 Å². The molecule has 0 aromatic heterocycles. The van der Waals surface area contributed by atoms with Crippen LogP contribution in [0.2, 0.25) is 0 Å². The van der Waals surface area contributed by atoms with Gasteiger partial charge in [-0.2, -0.15) is 8.42 Å². The Labute approximate surface area is 163 Å². The van der Waals surface area contributed by atoms with Crippen LogP contribution in [0.5, 0.6) is 0 Å². The maximum absolute atomic E-state index is 12.6. The van der Waals surface area contributed by atoms with Gasteiger partial charge in [-0.15, -0.1) is 0 Å². The van der Waals surface area contributed by atoms with Crippen molar-refractivity contribution in [2.24, 2.45) is 28.6 Å². The Morgan fingerprint density at radius 2 is 1.96 bits per heavy atom. The number of allylic oxidation sites excluding steroid dienone is 1. The van der Waals surface area contributed by atoms with Gasteiger partial charge in [0.1, 0.15) is 5.78 Å². The molecule has 4 aliphatic rings. The van der Waals surface area contributed by atoms with Gasteiger partial charge in [-0.1, -0.05) is 18.6 Å². The van der Waals surface area contributed by atoms with Crippen molar-refractivity contribution in [1.82, 2.24) is 0 Å². The monoisotopic (exact) mass is 396 g/mol. The molecular weight excluding hydrogens is 364 g/mol. The molecule has 3 saturated carbocycles. The van der Waals surface area contributed by atoms with Crippen LogP contribution >= 0.6 is 0 Å². The molecule has 5 nitrogen and oxygen atoms in total. The van der Waals surface area contributed by atoms with Crippen LogP contribution in [0, 0.1) is 28.6 Å². The van der Waals surface area contributed by atoms with Crippen molar-refractivity contribution in [2.75, 3.05) is 20.0 Å². The molecule has 6 atom stereocenters. The molecule has 27 heavy (non-hydrogen) atoms. The van der Waals surface area contributed by atoms with Gasteiger partial charge in [0.05, 0.1) is 19.0 Å². The zero-order valence-electron chi connectivity index (χ0n) is 16.7. The van der Waals surface area contributed by atoms with Crippen LogP contribution < -0.4 is 0 Å². The molecule has 0 bridgehead atoms. The standard InChI is InChI=1S/C21H32O5S/c1-20-10-9-18-16(17(20)6-7-19(20)22)5-4-14-12-15(25-2)8-11-21(14,18)13-26-27(3,23)24/h4,15-18H,5-13H2,1-3H3/t15-,16-,17-,18-,20-,21+/m0/s1. The number of carbonyl (C=O) groups excluding carboxylic acids is 1. The number of fused-ring (bicyclic) bond motifs is 5. The third kappa shape index (κ3) is 3.12. The van der Waals surface area contributed by atoms with Crippen molar-refractivity contribution in [2.45, 2.75) is 64.4 Å². The van der Waals surface area contributed by atoms with E-state index < -0.39 is 10.1 Å². The number of ether oxygens (including phenoxy) is 1. The van der Waals surface area contributed by atoms with E-state index in [1.807, 2.05) is 0 Å². The Morgan fingerprint density at radius 3 is 2.67 bits per heavy atom. The zero-order valence-corrected chi connectivity index (χ0v) is 17.5. The number of methoxy groups -OCH3 is 1. The van der Waals surface area contributed by atoms with E-state index in [-0.39, 0.29) is 23.5 Å². The van der Waals surface area contributed by atoms with Gasteiger partial charge in [-0.25, -0.2) is 0 Å². The second kappa shape index (κ2) is 6.67. The van der Waals surface area contributed by atoms with E-state index in [1.54, 1.807) is 7.11 Å². The SMILES string of the molecule is CO[C@H]1CC[C@@]2(COS(C)(=O)=O)C(=CC[C@@H]3[C@@H]2CC[C@]2(C)C(=O)CC[C@@H]32)C1. The third-order valence-electron chi connectivity index (χ3n) is 8.36. The molecule has 0 N–H and O–H groups in total. The Morgan fingerprint density at radius 1 is 1.19 bits per heavy atom. The summed E-state index contributed by atoms with van der Waals surface area (Å²) < 4.78 is 34.6. The van der Waals surface area contributed by atoms with E-state index in [0.717, 1.165) is 51.2 Å². The first-order valence-corrected chi connectivity index (χ1v) is 12.1. The summed E-state index contributed by atoms with van der Waals surface area (Å²) in [5, 5.41) is 0. The highest BCUT2D eigenvalue weighted by atomic mass is 32.2. The number of hydrogen-bond acceptors (Lipinski definition) is 5. The fourth-order valence-corrected chi connectivity index (χ4v) is 7.30. The molecule has 0 radical (unpaired) electrons. The van der Waals surface area contributed by atoms with Crippen LogP contribution in [0.15, 0.2) is 11.6 Å². The zero-order chi connectivity index (χ0) is 19.4. The van der Waals surface area contributed by atoms with Crippen LogP contribution in [-0.4, -0.2) is 40.3 Å². The van der Waals surface area contributed by atoms with Gasteiger partial charge in [-0.3, -0.25) is 8.98 Å². The van der Waals surface area contributed by atoms with Crippen molar-refractivity contribution in [3.63, 3.8) is 0 Å². The number of Topliss-reactive ketones (excluding diaryl/α,β-unsaturated/α-hetero) is 1. The lowest BCUT2D eigenvalue weighted by molar-refractivity contribution is -0.133. The number of hydrogen-bond donors (Lipinski definition) is 0. The smallest absolute Gasteiger partial charge is 0.264 e. The van der Waals surface area contributed by atoms with Crippen LogP contribution in [0.1, 0.15) is 58.3 Å². The highest BCUT2D eigenvalue weighted by molar-refractivity contribution is 7.85. The average Bonchev–Trinajstić information content (AvgIpc) is 2.94. The van der Waals surface area contributed by atoms with Gasteiger partial charge in [0, 0.05) is 24.4 Å². The van der Waals surface area contributed by atoms with Crippen LogP contribution in [0.3, 0.4) is 0 Å². The normalized spacial score (nSPS) is 44.3. The van der Waals surface area contributed by atoms with E-state index in [0.29, 0.717) is 30.0 Å². The van der Waals surface area contributed by atoms with Crippen LogP contribution in [-0.2, 0) is 23.8 Å². The van der Waals surface area contributed by atoms with E-state index in [4.69, 9.17) is 8.92 Å². The predicted octanol–water partition coefficient (Wildman–Crippen LogP) is 3.49. The van der Waals surface area contributed by atoms with E-state index in [2.05, 4.69) is 13.0 Å². The van der Waals surface area contributed by atoms with Gasteiger partial charge >= 0.3 is 0 Å². The lowest BCUT2D eigenvalue weighted by Crippen LogP contribution is -2.53. The first-order valence-electron chi connectivity index (χ1n) is 10.3. The molecule has 3 fully saturated rings. The molecule has 0 aromatic carbocycles. The summed E-state index contributed by atoms with van der Waals surface area (Å²) in [4.78, 5) is 12.6. The molecule has 4 aliphatic carbocycles. The summed E-state index contributed by atoms with van der Waals surface area (Å²) in [7, 11) is -1.73. The first-order chi connectivity index (χ1) is 12.7. The first kappa shape index (κ1) is 19.6. The molecule has 6 heteroatoms. The average molecular weight is 397 g/mol. The molecule has 0 heterocycles. The summed E-state index contributed by atoms with van der Waals surface area (Å²) in [6.45, 7) is 2.41. The summed E-state index contributed by atoms with van der Waals surface area (Å²) in [6, 6.07) is 0. The minimum atomic E-state index is -3.49. The Kier molecular flexibility index (Phi) is 4.84. The lowest BCUT2D eigenvalue weighted by atomic mass is 9.47. The fraction of sp³-hybridized carbons (Fsp3) is 0.857. The minimum Gasteiger partial charge on any atom is -0.381 e. The number of ketones is 1. The molecular formula is C21H32O5S. The molecule has 0 saturated heterocycles. The van der Waals surface area contributed by atoms with E-state index in [9.17, 15) is 13.2 Å². The van der Waals surface area contributed by atoms with Crippen molar-refractivity contribution < 1.29 is 22.1 Å². The minimum absolute atomic E-state index is 0.172. The third-order valence-corrected chi connectivity index (χ3v) is 8.90.